The van der Waals surface area contributed by atoms with Crippen molar-refractivity contribution in [2.24, 2.45) is 0 Å². The van der Waals surface area contributed by atoms with Gasteiger partial charge in [-0.25, -0.2) is 9.97 Å². The lowest BCUT2D eigenvalue weighted by molar-refractivity contribution is 0.260. The Morgan fingerprint density at radius 3 is 2.57 bits per heavy atom. The number of piperazine rings is 1. The summed E-state index contributed by atoms with van der Waals surface area (Å²) in [6, 6.07) is 8.14. The molecule has 0 atom stereocenters. The number of benzene rings is 1. The fourth-order valence-electron chi connectivity index (χ4n) is 2.95. The molecule has 1 aliphatic heterocycles. The second kappa shape index (κ2) is 6.29. The Labute approximate surface area is 134 Å². The molecule has 118 valence electrons. The lowest BCUT2D eigenvalue weighted by atomic mass is 10.1. The molecule has 3 heterocycles. The second-order valence-corrected chi connectivity index (χ2v) is 5.77. The van der Waals surface area contributed by atoms with Crippen molar-refractivity contribution in [3.05, 3.63) is 42.2 Å². The van der Waals surface area contributed by atoms with Crippen LogP contribution in [0.5, 0.6) is 0 Å². The standard InChI is InChI=1S/C16H19N7/c1-5-17-16(18-6-1)23-10-8-22(9-11-23)7-4-13-2-3-14-15(12-13)20-21-19-14/h1-3,5-6,12H,4,7-11H2,(H,19,20,21). The van der Waals surface area contributed by atoms with E-state index in [9.17, 15) is 0 Å². The summed E-state index contributed by atoms with van der Waals surface area (Å²) < 4.78 is 0. The number of aromatic nitrogens is 5. The maximum absolute atomic E-state index is 4.33. The average molecular weight is 309 g/mol. The van der Waals surface area contributed by atoms with Crippen LogP contribution in [-0.2, 0) is 6.42 Å². The highest BCUT2D eigenvalue weighted by Crippen LogP contribution is 2.13. The average Bonchev–Trinajstić information content (AvgIpc) is 3.09. The quantitative estimate of drug-likeness (QED) is 0.778. The fraction of sp³-hybridized carbons (Fsp3) is 0.375. The third-order valence-corrected chi connectivity index (χ3v) is 4.30. The first-order valence-corrected chi connectivity index (χ1v) is 7.92. The van der Waals surface area contributed by atoms with Gasteiger partial charge in [0.25, 0.3) is 0 Å². The summed E-state index contributed by atoms with van der Waals surface area (Å²) >= 11 is 0. The Morgan fingerprint density at radius 2 is 1.74 bits per heavy atom. The van der Waals surface area contributed by atoms with Gasteiger partial charge in [0, 0.05) is 45.1 Å². The van der Waals surface area contributed by atoms with E-state index in [1.54, 1.807) is 12.4 Å². The van der Waals surface area contributed by atoms with E-state index >= 15 is 0 Å². The summed E-state index contributed by atoms with van der Waals surface area (Å²) in [5.41, 5.74) is 3.17. The van der Waals surface area contributed by atoms with E-state index in [1.807, 2.05) is 12.1 Å². The van der Waals surface area contributed by atoms with Crippen molar-refractivity contribution < 1.29 is 0 Å². The van der Waals surface area contributed by atoms with Crippen molar-refractivity contribution in [1.29, 1.82) is 0 Å². The van der Waals surface area contributed by atoms with Crippen LogP contribution >= 0.6 is 0 Å². The van der Waals surface area contributed by atoms with Gasteiger partial charge >= 0.3 is 0 Å². The Balaban J connectivity index is 1.31. The zero-order chi connectivity index (χ0) is 15.5. The van der Waals surface area contributed by atoms with Crippen LogP contribution in [0.15, 0.2) is 36.7 Å². The number of nitrogens with zero attached hydrogens (tertiary/aromatic N) is 6. The third kappa shape index (κ3) is 3.14. The first-order chi connectivity index (χ1) is 11.4. The molecule has 1 fully saturated rings. The monoisotopic (exact) mass is 309 g/mol. The van der Waals surface area contributed by atoms with Crippen LogP contribution in [0.3, 0.4) is 0 Å². The molecule has 0 unspecified atom stereocenters. The molecule has 7 nitrogen and oxygen atoms in total. The number of anilines is 1. The smallest absolute Gasteiger partial charge is 0.225 e. The first-order valence-electron chi connectivity index (χ1n) is 7.92. The Hall–Kier alpha value is -2.54. The minimum absolute atomic E-state index is 0.837. The van der Waals surface area contributed by atoms with Gasteiger partial charge in [-0.3, -0.25) is 4.90 Å². The number of hydrogen-bond acceptors (Lipinski definition) is 6. The van der Waals surface area contributed by atoms with Crippen molar-refractivity contribution >= 4 is 17.0 Å². The van der Waals surface area contributed by atoms with E-state index in [4.69, 9.17) is 0 Å². The number of H-pyrrole nitrogens is 1. The topological polar surface area (TPSA) is 73.8 Å². The molecule has 1 saturated heterocycles. The lowest BCUT2D eigenvalue weighted by Crippen LogP contribution is -2.47. The number of nitrogens with one attached hydrogen (secondary N) is 1. The molecular formula is C16H19N7. The molecule has 23 heavy (non-hydrogen) atoms. The summed E-state index contributed by atoms with van der Waals surface area (Å²) in [6.07, 6.45) is 4.63. The van der Waals surface area contributed by atoms with Crippen LogP contribution in [0.4, 0.5) is 5.95 Å². The molecule has 0 amide bonds. The van der Waals surface area contributed by atoms with Crippen molar-refractivity contribution in [2.45, 2.75) is 6.42 Å². The predicted octanol–water partition coefficient (Wildman–Crippen LogP) is 1.11. The van der Waals surface area contributed by atoms with Gasteiger partial charge in [-0.15, -0.1) is 0 Å². The normalized spacial score (nSPS) is 16.1. The molecule has 7 heteroatoms. The minimum atomic E-state index is 0.837. The van der Waals surface area contributed by atoms with Gasteiger partial charge in [-0.1, -0.05) is 6.07 Å². The van der Waals surface area contributed by atoms with Gasteiger partial charge in [-0.2, -0.15) is 15.4 Å². The molecule has 1 aromatic carbocycles. The maximum Gasteiger partial charge on any atom is 0.225 e. The van der Waals surface area contributed by atoms with E-state index in [-0.39, 0.29) is 0 Å². The first kappa shape index (κ1) is 14.1. The molecular weight excluding hydrogens is 290 g/mol. The maximum atomic E-state index is 4.33. The van der Waals surface area contributed by atoms with Crippen molar-refractivity contribution in [1.82, 2.24) is 30.3 Å². The fourth-order valence-corrected chi connectivity index (χ4v) is 2.95. The molecule has 3 aromatic rings. The predicted molar refractivity (Wildman–Crippen MR) is 88.3 cm³/mol. The molecule has 0 saturated carbocycles. The minimum Gasteiger partial charge on any atom is -0.338 e. The second-order valence-electron chi connectivity index (χ2n) is 5.77. The van der Waals surface area contributed by atoms with E-state index in [2.05, 4.69) is 47.3 Å². The SMILES string of the molecule is c1cnc(N2CCN(CCc3ccc4n[nH]nc4c3)CC2)nc1. The summed E-state index contributed by atoms with van der Waals surface area (Å²) in [4.78, 5) is 13.4. The highest BCUT2D eigenvalue weighted by atomic mass is 15.3. The summed E-state index contributed by atoms with van der Waals surface area (Å²) in [5.74, 6) is 0.837. The molecule has 1 N–H and O–H groups in total. The van der Waals surface area contributed by atoms with E-state index in [0.717, 1.165) is 56.1 Å². The molecule has 0 radical (unpaired) electrons. The third-order valence-electron chi connectivity index (χ3n) is 4.30. The highest BCUT2D eigenvalue weighted by Gasteiger charge is 2.18. The molecule has 4 rings (SSSR count). The number of hydrogen-bond donors (Lipinski definition) is 1. The van der Waals surface area contributed by atoms with Crippen LogP contribution in [0, 0.1) is 0 Å². The van der Waals surface area contributed by atoms with Crippen LogP contribution in [0.2, 0.25) is 0 Å². The van der Waals surface area contributed by atoms with E-state index in [0.29, 0.717) is 0 Å². The van der Waals surface area contributed by atoms with Crippen molar-refractivity contribution in [2.75, 3.05) is 37.6 Å². The largest absolute Gasteiger partial charge is 0.338 e. The highest BCUT2D eigenvalue weighted by molar-refractivity contribution is 5.74. The zero-order valence-electron chi connectivity index (χ0n) is 12.9. The molecule has 1 aliphatic rings. The molecule has 0 spiro atoms. The Morgan fingerprint density at radius 1 is 0.957 bits per heavy atom. The number of rotatable bonds is 4. The lowest BCUT2D eigenvalue weighted by Gasteiger charge is -2.34. The van der Waals surface area contributed by atoms with Gasteiger partial charge in [0.1, 0.15) is 11.0 Å². The number of aromatic amines is 1. The number of fused-ring (bicyclic) bond motifs is 1. The summed E-state index contributed by atoms with van der Waals surface area (Å²) in [6.45, 7) is 5.11. The zero-order valence-corrected chi connectivity index (χ0v) is 12.9. The van der Waals surface area contributed by atoms with E-state index in [1.165, 1.54) is 5.56 Å². The van der Waals surface area contributed by atoms with Gasteiger partial charge in [0.2, 0.25) is 5.95 Å². The van der Waals surface area contributed by atoms with Gasteiger partial charge in [-0.05, 0) is 30.2 Å². The van der Waals surface area contributed by atoms with Crippen LogP contribution < -0.4 is 4.90 Å². The summed E-state index contributed by atoms with van der Waals surface area (Å²) in [5, 5.41) is 10.9. The van der Waals surface area contributed by atoms with Crippen LogP contribution in [0.25, 0.3) is 11.0 Å². The van der Waals surface area contributed by atoms with Gasteiger partial charge in [0.05, 0.1) is 0 Å². The Kier molecular flexibility index (Phi) is 3.85. The van der Waals surface area contributed by atoms with Crippen molar-refractivity contribution in [3.8, 4) is 0 Å². The Bertz CT molecular complexity index is 762. The van der Waals surface area contributed by atoms with Gasteiger partial charge < -0.3 is 4.90 Å². The molecule has 2 aromatic heterocycles. The summed E-state index contributed by atoms with van der Waals surface area (Å²) in [7, 11) is 0. The van der Waals surface area contributed by atoms with Crippen LogP contribution in [0.1, 0.15) is 5.56 Å². The van der Waals surface area contributed by atoms with Crippen LogP contribution in [-0.4, -0.2) is 63.0 Å². The van der Waals surface area contributed by atoms with Crippen molar-refractivity contribution in [3.63, 3.8) is 0 Å². The molecule has 0 bridgehead atoms. The molecule has 0 aliphatic carbocycles. The van der Waals surface area contributed by atoms with E-state index < -0.39 is 0 Å². The van der Waals surface area contributed by atoms with Gasteiger partial charge in [0.15, 0.2) is 0 Å².